The van der Waals surface area contributed by atoms with E-state index in [4.69, 9.17) is 15.5 Å². The van der Waals surface area contributed by atoms with Gasteiger partial charge in [0, 0.05) is 6.42 Å². The summed E-state index contributed by atoms with van der Waals surface area (Å²) in [6.45, 7) is 5.90. The maximum atomic E-state index is 11.6. The van der Waals surface area contributed by atoms with Crippen molar-refractivity contribution in [2.24, 2.45) is 5.92 Å². The van der Waals surface area contributed by atoms with E-state index in [9.17, 15) is 9.59 Å². The maximum Gasteiger partial charge on any atom is 0.335 e. The number of nitrogens with zero attached hydrogens (tertiary/aromatic N) is 1. The number of nitriles is 1. The van der Waals surface area contributed by atoms with Gasteiger partial charge in [-0.1, -0.05) is 38.1 Å². The number of hydrogen-bond acceptors (Lipinski definition) is 4. The largest absolute Gasteiger partial charge is 0.478 e. The van der Waals surface area contributed by atoms with Gasteiger partial charge in [0.1, 0.15) is 0 Å². The molecule has 2 aromatic rings. The van der Waals surface area contributed by atoms with E-state index in [-0.39, 0.29) is 24.1 Å². The monoisotopic (exact) mass is 382 g/mol. The fraction of sp³-hybridized carbons (Fsp3) is 0.318. The van der Waals surface area contributed by atoms with E-state index in [0.29, 0.717) is 17.9 Å². The number of rotatable bonds is 6. The minimum absolute atomic E-state index is 0.0137. The summed E-state index contributed by atoms with van der Waals surface area (Å²) in [6.07, 6.45) is 0.498. The Bertz CT molecular complexity index is 806. The van der Waals surface area contributed by atoms with Gasteiger partial charge in [0.05, 0.1) is 29.8 Å². The Kier molecular flexibility index (Phi) is 9.41. The average molecular weight is 382 g/mol. The Morgan fingerprint density at radius 2 is 1.61 bits per heavy atom. The number of benzene rings is 2. The molecule has 148 valence electrons. The third kappa shape index (κ3) is 8.02. The zero-order chi connectivity index (χ0) is 21.1. The minimum atomic E-state index is -0.946. The summed E-state index contributed by atoms with van der Waals surface area (Å²) >= 11 is 0. The second kappa shape index (κ2) is 11.5. The molecule has 0 aliphatic rings. The van der Waals surface area contributed by atoms with Gasteiger partial charge in [-0.2, -0.15) is 5.26 Å². The highest BCUT2D eigenvalue weighted by atomic mass is 16.4. The Morgan fingerprint density at radius 3 is 2.04 bits per heavy atom. The first kappa shape index (κ1) is 22.9. The molecule has 0 bridgehead atoms. The van der Waals surface area contributed by atoms with Crippen molar-refractivity contribution < 1.29 is 19.8 Å². The van der Waals surface area contributed by atoms with Crippen LogP contribution in [-0.4, -0.2) is 22.1 Å². The van der Waals surface area contributed by atoms with Gasteiger partial charge in [-0.3, -0.25) is 4.79 Å². The van der Waals surface area contributed by atoms with Gasteiger partial charge in [0.15, 0.2) is 0 Å². The molecule has 1 unspecified atom stereocenters. The Hall–Kier alpha value is -3.17. The summed E-state index contributed by atoms with van der Waals surface area (Å²) in [5, 5.41) is 28.7. The zero-order valence-electron chi connectivity index (χ0n) is 16.3. The number of hydrogen-bond donors (Lipinski definition) is 3. The van der Waals surface area contributed by atoms with Gasteiger partial charge >= 0.3 is 5.97 Å². The highest BCUT2D eigenvalue weighted by Gasteiger charge is 2.11. The Labute approximate surface area is 165 Å². The summed E-state index contributed by atoms with van der Waals surface area (Å²) in [5.74, 6) is -0.607. The maximum absolute atomic E-state index is 11.6. The summed E-state index contributed by atoms with van der Waals surface area (Å²) < 4.78 is 0. The van der Waals surface area contributed by atoms with Crippen LogP contribution in [0.15, 0.2) is 48.5 Å². The van der Waals surface area contributed by atoms with Gasteiger partial charge in [0.2, 0.25) is 5.91 Å². The first-order chi connectivity index (χ1) is 13.3. The second-order valence-corrected chi connectivity index (χ2v) is 6.78. The number of carbonyl (C=O) groups is 2. The molecule has 6 heteroatoms. The van der Waals surface area contributed by atoms with E-state index < -0.39 is 5.97 Å². The molecule has 0 fully saturated rings. The van der Waals surface area contributed by atoms with E-state index in [2.05, 4.69) is 5.32 Å². The van der Waals surface area contributed by atoms with Gasteiger partial charge < -0.3 is 15.5 Å². The minimum Gasteiger partial charge on any atom is -0.478 e. The molecule has 0 aliphatic heterocycles. The van der Waals surface area contributed by atoms with Crippen molar-refractivity contribution in [2.75, 3.05) is 0 Å². The molecule has 1 atom stereocenters. The molecule has 3 N–H and O–H groups in total. The summed E-state index contributed by atoms with van der Waals surface area (Å²) in [5.41, 5.74) is 2.60. The fourth-order valence-electron chi connectivity index (χ4n) is 2.35. The fourth-order valence-corrected chi connectivity index (χ4v) is 2.35. The number of aliphatic hydroxyl groups excluding tert-OH is 1. The van der Waals surface area contributed by atoms with Crippen molar-refractivity contribution in [1.29, 1.82) is 5.26 Å². The van der Waals surface area contributed by atoms with Crippen LogP contribution in [0, 0.1) is 17.2 Å². The smallest absolute Gasteiger partial charge is 0.335 e. The van der Waals surface area contributed by atoms with Gasteiger partial charge in [-0.05, 0) is 48.2 Å². The molecule has 28 heavy (non-hydrogen) atoms. The van der Waals surface area contributed by atoms with E-state index in [1.807, 2.05) is 26.8 Å². The Balaban J connectivity index is 0.000000330. The topological polar surface area (TPSA) is 110 Å². The average Bonchev–Trinajstić information content (AvgIpc) is 2.67. The number of carboxylic acid groups (broad SMARTS) is 1. The third-order valence-electron chi connectivity index (χ3n) is 3.89. The number of carbonyl (C=O) groups excluding carboxylic acids is 1. The molecular formula is C22H26N2O4. The molecule has 0 aromatic heterocycles. The summed E-state index contributed by atoms with van der Waals surface area (Å²) in [4.78, 5) is 22.3. The van der Waals surface area contributed by atoms with Crippen molar-refractivity contribution in [3.63, 3.8) is 0 Å². The third-order valence-corrected chi connectivity index (χ3v) is 3.89. The standard InChI is InChI=1S/C14H19NO3.C8H7NO/c1-9(2)8-13(16)15-10(3)11-4-6-12(7-5-11)14(17)18;9-5-7-1-3-8(6-10)4-2-7/h4-7,9-10H,8H2,1-3H3,(H,15,16)(H,17,18);1-4,10H,6H2. The lowest BCUT2D eigenvalue weighted by molar-refractivity contribution is -0.122. The number of amides is 1. The first-order valence-corrected chi connectivity index (χ1v) is 8.99. The molecule has 0 spiro atoms. The molecule has 6 nitrogen and oxygen atoms in total. The summed E-state index contributed by atoms with van der Waals surface area (Å²) in [6, 6.07) is 15.3. The lowest BCUT2D eigenvalue weighted by Crippen LogP contribution is -2.27. The normalized spacial score (nSPS) is 11.0. The SMILES string of the molecule is CC(C)CC(=O)NC(C)c1ccc(C(=O)O)cc1.N#Cc1ccc(CO)cc1. The van der Waals surface area contributed by atoms with Crippen LogP contribution in [0.5, 0.6) is 0 Å². The molecule has 0 saturated carbocycles. The first-order valence-electron chi connectivity index (χ1n) is 8.99. The predicted molar refractivity (Wildman–Crippen MR) is 106 cm³/mol. The van der Waals surface area contributed by atoms with Crippen LogP contribution in [0.1, 0.15) is 60.3 Å². The van der Waals surface area contributed by atoms with E-state index in [1.165, 1.54) is 0 Å². The quantitative estimate of drug-likeness (QED) is 0.706. The van der Waals surface area contributed by atoms with Crippen LogP contribution in [-0.2, 0) is 11.4 Å². The van der Waals surface area contributed by atoms with Crippen molar-refractivity contribution in [1.82, 2.24) is 5.32 Å². The predicted octanol–water partition coefficient (Wildman–Crippen LogP) is 3.66. The van der Waals surface area contributed by atoms with E-state index >= 15 is 0 Å². The van der Waals surface area contributed by atoms with Crippen LogP contribution in [0.4, 0.5) is 0 Å². The van der Waals surface area contributed by atoms with E-state index in [1.54, 1.807) is 48.5 Å². The van der Waals surface area contributed by atoms with Crippen molar-refractivity contribution >= 4 is 11.9 Å². The lowest BCUT2D eigenvalue weighted by atomic mass is 10.1. The van der Waals surface area contributed by atoms with E-state index in [0.717, 1.165) is 11.1 Å². The van der Waals surface area contributed by atoms with Crippen LogP contribution >= 0.6 is 0 Å². The number of carboxylic acids is 1. The molecule has 0 saturated heterocycles. The van der Waals surface area contributed by atoms with Gasteiger partial charge in [-0.25, -0.2) is 4.79 Å². The van der Waals surface area contributed by atoms with Gasteiger partial charge in [0.25, 0.3) is 0 Å². The second-order valence-electron chi connectivity index (χ2n) is 6.78. The highest BCUT2D eigenvalue weighted by Crippen LogP contribution is 2.14. The van der Waals surface area contributed by atoms with Crippen molar-refractivity contribution in [3.05, 3.63) is 70.8 Å². The molecule has 0 radical (unpaired) electrons. The van der Waals surface area contributed by atoms with Crippen LogP contribution in [0.25, 0.3) is 0 Å². The van der Waals surface area contributed by atoms with Gasteiger partial charge in [-0.15, -0.1) is 0 Å². The molecule has 1 amide bonds. The molecular weight excluding hydrogens is 356 g/mol. The number of aromatic carboxylic acids is 1. The number of nitrogens with one attached hydrogen (secondary N) is 1. The number of aliphatic hydroxyl groups is 1. The molecule has 2 aromatic carbocycles. The Morgan fingerprint density at radius 1 is 1.04 bits per heavy atom. The summed E-state index contributed by atoms with van der Waals surface area (Å²) in [7, 11) is 0. The highest BCUT2D eigenvalue weighted by molar-refractivity contribution is 5.87. The van der Waals surface area contributed by atoms with Crippen LogP contribution in [0.3, 0.4) is 0 Å². The van der Waals surface area contributed by atoms with Crippen LogP contribution < -0.4 is 5.32 Å². The van der Waals surface area contributed by atoms with Crippen LogP contribution in [0.2, 0.25) is 0 Å². The van der Waals surface area contributed by atoms with Crippen molar-refractivity contribution in [2.45, 2.75) is 39.8 Å². The molecule has 0 aliphatic carbocycles. The molecule has 0 heterocycles. The lowest BCUT2D eigenvalue weighted by Gasteiger charge is -2.15. The zero-order valence-corrected chi connectivity index (χ0v) is 16.3. The van der Waals surface area contributed by atoms with Crippen molar-refractivity contribution in [3.8, 4) is 6.07 Å². The molecule has 2 rings (SSSR count).